The van der Waals surface area contributed by atoms with Crippen molar-refractivity contribution in [3.63, 3.8) is 0 Å². The summed E-state index contributed by atoms with van der Waals surface area (Å²) in [7, 11) is 0. The van der Waals surface area contributed by atoms with Crippen molar-refractivity contribution >= 4 is 11.6 Å². The van der Waals surface area contributed by atoms with Crippen LogP contribution in [0.25, 0.3) is 0 Å². The van der Waals surface area contributed by atoms with Crippen LogP contribution in [0, 0.1) is 18.8 Å². The van der Waals surface area contributed by atoms with Crippen LogP contribution in [0.5, 0.6) is 0 Å². The molecule has 0 nitrogen and oxygen atoms in total. The molecule has 1 aromatic rings. The van der Waals surface area contributed by atoms with Crippen molar-refractivity contribution < 1.29 is 0 Å². The fourth-order valence-electron chi connectivity index (χ4n) is 2.99. The maximum absolute atomic E-state index is 5.67. The fraction of sp³-hybridized carbons (Fsp3) is 0.556. The minimum Gasteiger partial charge on any atom is -0.113 e. The Kier molecular flexibility index (Phi) is 3.72. The molecule has 102 valence electrons. The number of hydrogen-bond acceptors (Lipinski definition) is 0. The number of aryl methyl sites for hydroxylation is 1. The van der Waals surface area contributed by atoms with Gasteiger partial charge < -0.3 is 0 Å². The van der Waals surface area contributed by atoms with Gasteiger partial charge >= 0.3 is 0 Å². The predicted molar refractivity (Wildman–Crippen MR) is 84.1 cm³/mol. The zero-order valence-electron chi connectivity index (χ0n) is 12.7. The summed E-state index contributed by atoms with van der Waals surface area (Å²) in [6, 6.07) is 4.64. The summed E-state index contributed by atoms with van der Waals surface area (Å²) in [4.78, 5) is 0. The topological polar surface area (TPSA) is 0 Å². The largest absolute Gasteiger partial charge is 0.113 e. The summed E-state index contributed by atoms with van der Waals surface area (Å²) in [6.07, 6.45) is 2.48. The number of benzene rings is 1. The van der Waals surface area contributed by atoms with Crippen LogP contribution in [-0.2, 0) is 10.8 Å². The van der Waals surface area contributed by atoms with Crippen LogP contribution >= 0.6 is 11.6 Å². The number of halogens is 1. The molecule has 0 spiro atoms. The average Bonchev–Trinajstić information content (AvgIpc) is 2.33. The Labute approximate surface area is 122 Å². The Morgan fingerprint density at radius 2 is 1.58 bits per heavy atom. The van der Waals surface area contributed by atoms with Crippen molar-refractivity contribution in [3.8, 4) is 11.8 Å². The van der Waals surface area contributed by atoms with Crippen LogP contribution in [0.15, 0.2) is 12.1 Å². The van der Waals surface area contributed by atoms with E-state index in [9.17, 15) is 0 Å². The van der Waals surface area contributed by atoms with Gasteiger partial charge in [-0.15, -0.1) is 11.6 Å². The second kappa shape index (κ2) is 4.88. The van der Waals surface area contributed by atoms with Crippen LogP contribution < -0.4 is 0 Å². The summed E-state index contributed by atoms with van der Waals surface area (Å²) >= 11 is 5.67. The molecule has 0 unspecified atom stereocenters. The van der Waals surface area contributed by atoms with Crippen LogP contribution in [0.1, 0.15) is 62.8 Å². The molecule has 19 heavy (non-hydrogen) atoms. The molecular weight excluding hydrogens is 252 g/mol. The first kappa shape index (κ1) is 14.5. The summed E-state index contributed by atoms with van der Waals surface area (Å²) in [6.45, 7) is 11.5. The molecule has 0 aliphatic heterocycles. The van der Waals surface area contributed by atoms with Crippen molar-refractivity contribution in [2.75, 3.05) is 5.88 Å². The SMILES string of the molecule is Cc1cc2c(cc1C#CCCl)C(C)(C)CCC2(C)C. The standard InChI is InChI=1S/C18H23Cl/c1-13-11-15-16(12-14(13)7-6-10-19)18(4,5)9-8-17(15,2)3/h11-12H,8-10H2,1-5H3. The molecule has 0 heterocycles. The lowest BCUT2D eigenvalue weighted by Gasteiger charge is -2.42. The summed E-state index contributed by atoms with van der Waals surface area (Å²) in [5.74, 6) is 6.57. The molecule has 0 fully saturated rings. The normalized spacial score (nSPS) is 19.3. The number of alkyl halides is 1. The van der Waals surface area contributed by atoms with Gasteiger partial charge in [0.1, 0.15) is 0 Å². The van der Waals surface area contributed by atoms with Gasteiger partial charge in [-0.25, -0.2) is 0 Å². The van der Waals surface area contributed by atoms with Gasteiger partial charge in [0, 0.05) is 5.56 Å². The van der Waals surface area contributed by atoms with Crippen LogP contribution in [0.3, 0.4) is 0 Å². The highest BCUT2D eigenvalue weighted by Gasteiger charge is 2.37. The van der Waals surface area contributed by atoms with Gasteiger partial charge in [-0.2, -0.15) is 0 Å². The third-order valence-corrected chi connectivity index (χ3v) is 4.62. The second-order valence-electron chi connectivity index (χ2n) is 6.92. The van der Waals surface area contributed by atoms with Crippen LogP contribution in [0.4, 0.5) is 0 Å². The number of hydrogen-bond donors (Lipinski definition) is 0. The van der Waals surface area contributed by atoms with Gasteiger partial charge in [0.05, 0.1) is 5.88 Å². The number of fused-ring (bicyclic) bond motifs is 1. The van der Waals surface area contributed by atoms with E-state index in [-0.39, 0.29) is 10.8 Å². The van der Waals surface area contributed by atoms with Gasteiger partial charge in [-0.05, 0) is 53.4 Å². The van der Waals surface area contributed by atoms with E-state index in [0.29, 0.717) is 5.88 Å². The van der Waals surface area contributed by atoms with Gasteiger partial charge in [0.25, 0.3) is 0 Å². The third kappa shape index (κ3) is 2.67. The molecule has 0 radical (unpaired) electrons. The van der Waals surface area contributed by atoms with Crippen LogP contribution in [0.2, 0.25) is 0 Å². The lowest BCUT2D eigenvalue weighted by Crippen LogP contribution is -2.34. The first-order chi connectivity index (χ1) is 8.78. The highest BCUT2D eigenvalue weighted by Crippen LogP contribution is 2.46. The zero-order chi connectivity index (χ0) is 14.3. The Morgan fingerprint density at radius 3 is 2.11 bits per heavy atom. The molecule has 2 rings (SSSR count). The van der Waals surface area contributed by atoms with Gasteiger partial charge in [0.2, 0.25) is 0 Å². The van der Waals surface area contributed by atoms with Crippen LogP contribution in [-0.4, -0.2) is 5.88 Å². The first-order valence-corrected chi connectivity index (χ1v) is 7.52. The molecule has 1 aliphatic rings. The van der Waals surface area contributed by atoms with Crippen molar-refractivity contribution in [2.24, 2.45) is 0 Å². The lowest BCUT2D eigenvalue weighted by molar-refractivity contribution is 0.331. The molecular formula is C18H23Cl. The second-order valence-corrected chi connectivity index (χ2v) is 7.18. The Balaban J connectivity index is 2.65. The Hall–Kier alpha value is -0.930. The minimum atomic E-state index is 0.246. The Bertz CT molecular complexity index is 553. The van der Waals surface area contributed by atoms with Crippen molar-refractivity contribution in [2.45, 2.75) is 58.3 Å². The molecule has 0 atom stereocenters. The van der Waals surface area contributed by atoms with E-state index in [4.69, 9.17) is 11.6 Å². The van der Waals surface area contributed by atoms with E-state index in [1.54, 1.807) is 0 Å². The molecule has 0 saturated carbocycles. The summed E-state index contributed by atoms with van der Waals surface area (Å²) in [5, 5.41) is 0. The van der Waals surface area contributed by atoms with Crippen molar-refractivity contribution in [1.82, 2.24) is 0 Å². The van der Waals surface area contributed by atoms with Gasteiger partial charge in [-0.1, -0.05) is 45.6 Å². The quantitative estimate of drug-likeness (QED) is 0.465. The third-order valence-electron chi connectivity index (χ3n) is 4.49. The van der Waals surface area contributed by atoms with Gasteiger partial charge in [-0.3, -0.25) is 0 Å². The molecule has 0 saturated heterocycles. The van der Waals surface area contributed by atoms with E-state index in [2.05, 4.69) is 58.6 Å². The highest BCUT2D eigenvalue weighted by molar-refractivity contribution is 6.19. The van der Waals surface area contributed by atoms with Crippen molar-refractivity contribution in [1.29, 1.82) is 0 Å². The van der Waals surface area contributed by atoms with E-state index in [1.165, 1.54) is 29.5 Å². The summed E-state index contributed by atoms with van der Waals surface area (Å²) < 4.78 is 0. The number of rotatable bonds is 0. The maximum Gasteiger partial charge on any atom is 0.0839 e. The molecule has 1 heteroatoms. The highest BCUT2D eigenvalue weighted by atomic mass is 35.5. The maximum atomic E-state index is 5.67. The minimum absolute atomic E-state index is 0.246. The van der Waals surface area contributed by atoms with E-state index in [0.717, 1.165) is 5.56 Å². The molecule has 1 aliphatic carbocycles. The van der Waals surface area contributed by atoms with Crippen molar-refractivity contribution in [3.05, 3.63) is 34.4 Å². The molecule has 0 bridgehead atoms. The smallest absolute Gasteiger partial charge is 0.0839 e. The monoisotopic (exact) mass is 274 g/mol. The fourth-order valence-corrected chi connectivity index (χ4v) is 3.05. The van der Waals surface area contributed by atoms with E-state index < -0.39 is 0 Å². The zero-order valence-corrected chi connectivity index (χ0v) is 13.4. The van der Waals surface area contributed by atoms with E-state index >= 15 is 0 Å². The summed E-state index contributed by atoms with van der Waals surface area (Å²) in [5.41, 5.74) is 5.88. The van der Waals surface area contributed by atoms with Gasteiger partial charge in [0.15, 0.2) is 0 Å². The molecule has 0 aromatic heterocycles. The molecule has 0 amide bonds. The molecule has 0 N–H and O–H groups in total. The molecule has 1 aromatic carbocycles. The first-order valence-electron chi connectivity index (χ1n) is 6.98. The lowest BCUT2D eigenvalue weighted by atomic mass is 9.62. The Morgan fingerprint density at radius 1 is 1.05 bits per heavy atom. The predicted octanol–water partition coefficient (Wildman–Crippen LogP) is 4.93. The average molecular weight is 275 g/mol. The van der Waals surface area contributed by atoms with E-state index in [1.807, 2.05) is 0 Å².